The summed E-state index contributed by atoms with van der Waals surface area (Å²) in [4.78, 5) is 28.0. The summed E-state index contributed by atoms with van der Waals surface area (Å²) in [5.41, 5.74) is 1.41. The number of benzene rings is 2. The van der Waals surface area contributed by atoms with Gasteiger partial charge in [-0.2, -0.15) is 0 Å². The van der Waals surface area contributed by atoms with Gasteiger partial charge >= 0.3 is 0 Å². The Morgan fingerprint density at radius 1 is 0.935 bits per heavy atom. The van der Waals surface area contributed by atoms with E-state index in [1.807, 2.05) is 32.0 Å². The molecule has 3 rings (SSSR count). The first-order chi connectivity index (χ1) is 14.9. The highest BCUT2D eigenvalue weighted by Gasteiger charge is 2.42. The predicted octanol–water partition coefficient (Wildman–Crippen LogP) is 3.09. The summed E-state index contributed by atoms with van der Waals surface area (Å²) in [5.74, 6) is 1.23. The summed E-state index contributed by atoms with van der Waals surface area (Å²) in [6, 6.07) is 12.5. The van der Waals surface area contributed by atoms with E-state index in [0.29, 0.717) is 35.9 Å². The molecule has 1 fully saturated rings. The molecule has 1 aliphatic rings. The van der Waals surface area contributed by atoms with Crippen molar-refractivity contribution < 1.29 is 23.8 Å². The maximum atomic E-state index is 13.2. The van der Waals surface area contributed by atoms with Gasteiger partial charge < -0.3 is 24.4 Å². The van der Waals surface area contributed by atoms with Crippen LogP contribution in [0, 0.1) is 5.92 Å². The van der Waals surface area contributed by atoms with Gasteiger partial charge in [0.05, 0.1) is 27.2 Å². The molecule has 1 heterocycles. The summed E-state index contributed by atoms with van der Waals surface area (Å²) in [6.45, 7) is 4.58. The van der Waals surface area contributed by atoms with Crippen LogP contribution in [0.25, 0.3) is 0 Å². The van der Waals surface area contributed by atoms with Crippen LogP contribution in [0.4, 0.5) is 0 Å². The molecule has 0 aromatic heterocycles. The maximum Gasteiger partial charge on any atom is 0.253 e. The first-order valence-corrected chi connectivity index (χ1v) is 10.3. The molecule has 7 heteroatoms. The molecule has 0 saturated carbocycles. The topological polar surface area (TPSA) is 77.1 Å². The first-order valence-electron chi connectivity index (χ1n) is 10.3. The molecule has 1 N–H and O–H groups in total. The molecule has 1 aliphatic heterocycles. The second kappa shape index (κ2) is 9.73. The summed E-state index contributed by atoms with van der Waals surface area (Å²) in [6.07, 6.45) is 0. The summed E-state index contributed by atoms with van der Waals surface area (Å²) >= 11 is 0. The Kier molecular flexibility index (Phi) is 7.05. The van der Waals surface area contributed by atoms with E-state index < -0.39 is 5.92 Å². The number of nitrogens with one attached hydrogen (secondary N) is 1. The van der Waals surface area contributed by atoms with E-state index >= 15 is 0 Å². The van der Waals surface area contributed by atoms with Crippen molar-refractivity contribution >= 4 is 11.8 Å². The Labute approximate surface area is 183 Å². The summed E-state index contributed by atoms with van der Waals surface area (Å²) in [5, 5.41) is 3.00. The minimum Gasteiger partial charge on any atom is -0.497 e. The van der Waals surface area contributed by atoms with Gasteiger partial charge in [0.25, 0.3) is 5.91 Å². The third kappa shape index (κ3) is 4.93. The molecule has 2 amide bonds. The zero-order valence-electron chi connectivity index (χ0n) is 18.7. The molecule has 2 aromatic rings. The van der Waals surface area contributed by atoms with Crippen molar-refractivity contribution in [2.24, 2.45) is 5.92 Å². The Morgan fingerprint density at radius 2 is 1.58 bits per heavy atom. The predicted molar refractivity (Wildman–Crippen MR) is 118 cm³/mol. The van der Waals surface area contributed by atoms with Crippen LogP contribution in [0.2, 0.25) is 0 Å². The average molecular weight is 427 g/mol. The standard InChI is InChI=1S/C24H30N2O5/c1-15(2)25-23(27)21-14-26(24(28)16-6-8-17(29-3)9-7-16)13-20(21)19-12-18(30-4)10-11-22(19)31-5/h6-12,15,20-21H,13-14H2,1-5H3,(H,25,27)/t20-,21-/m0/s1. The molecule has 7 nitrogen and oxygen atoms in total. The van der Waals surface area contributed by atoms with E-state index in [0.717, 1.165) is 5.56 Å². The highest BCUT2D eigenvalue weighted by atomic mass is 16.5. The summed E-state index contributed by atoms with van der Waals surface area (Å²) < 4.78 is 16.1. The zero-order chi connectivity index (χ0) is 22.5. The number of ether oxygens (including phenoxy) is 3. The average Bonchev–Trinajstić information content (AvgIpc) is 3.23. The third-order valence-electron chi connectivity index (χ3n) is 5.55. The second-order valence-electron chi connectivity index (χ2n) is 7.92. The second-order valence-corrected chi connectivity index (χ2v) is 7.92. The van der Waals surface area contributed by atoms with E-state index in [9.17, 15) is 9.59 Å². The Hall–Kier alpha value is -3.22. The fourth-order valence-corrected chi connectivity index (χ4v) is 3.99. The molecule has 0 spiro atoms. The SMILES string of the molecule is COc1ccc(C(=O)N2C[C@H](C(=O)NC(C)C)[C@H](c3cc(OC)ccc3OC)C2)cc1. The van der Waals surface area contributed by atoms with Crippen molar-refractivity contribution in [1.29, 1.82) is 0 Å². The normalized spacial score (nSPS) is 18.1. The number of nitrogens with zero attached hydrogens (tertiary/aromatic N) is 1. The highest BCUT2D eigenvalue weighted by Crippen LogP contribution is 2.40. The van der Waals surface area contributed by atoms with Crippen LogP contribution in [0.3, 0.4) is 0 Å². The largest absolute Gasteiger partial charge is 0.497 e. The lowest BCUT2D eigenvalue weighted by atomic mass is 9.87. The lowest BCUT2D eigenvalue weighted by molar-refractivity contribution is -0.125. The van der Waals surface area contributed by atoms with Crippen molar-refractivity contribution in [2.75, 3.05) is 34.4 Å². The fourth-order valence-electron chi connectivity index (χ4n) is 3.99. The van der Waals surface area contributed by atoms with E-state index in [2.05, 4.69) is 5.32 Å². The van der Waals surface area contributed by atoms with Gasteiger partial charge in [-0.15, -0.1) is 0 Å². The van der Waals surface area contributed by atoms with Gasteiger partial charge in [0.2, 0.25) is 5.91 Å². The van der Waals surface area contributed by atoms with Crippen molar-refractivity contribution in [1.82, 2.24) is 10.2 Å². The van der Waals surface area contributed by atoms with Gasteiger partial charge in [-0.3, -0.25) is 9.59 Å². The molecule has 166 valence electrons. The molecule has 0 radical (unpaired) electrons. The van der Waals surface area contributed by atoms with Gasteiger partial charge in [0.15, 0.2) is 0 Å². The van der Waals surface area contributed by atoms with Gasteiger partial charge in [-0.25, -0.2) is 0 Å². The molecule has 2 aromatic carbocycles. The van der Waals surface area contributed by atoms with Crippen LogP contribution in [0.15, 0.2) is 42.5 Å². The Morgan fingerprint density at radius 3 is 2.16 bits per heavy atom. The Bertz CT molecular complexity index is 926. The van der Waals surface area contributed by atoms with Gasteiger partial charge in [-0.05, 0) is 56.3 Å². The quantitative estimate of drug-likeness (QED) is 0.736. The number of amides is 2. The number of hydrogen-bond donors (Lipinski definition) is 1. The molecular formula is C24H30N2O5. The van der Waals surface area contributed by atoms with Crippen molar-refractivity contribution in [3.63, 3.8) is 0 Å². The first kappa shape index (κ1) is 22.5. The van der Waals surface area contributed by atoms with Crippen LogP contribution in [-0.4, -0.2) is 57.2 Å². The number of hydrogen-bond acceptors (Lipinski definition) is 5. The molecule has 2 atom stereocenters. The van der Waals surface area contributed by atoms with Crippen molar-refractivity contribution in [3.05, 3.63) is 53.6 Å². The number of methoxy groups -OCH3 is 3. The molecule has 31 heavy (non-hydrogen) atoms. The monoisotopic (exact) mass is 426 g/mol. The molecule has 0 unspecified atom stereocenters. The van der Waals surface area contributed by atoms with E-state index in [-0.39, 0.29) is 23.8 Å². The van der Waals surface area contributed by atoms with Crippen LogP contribution in [0.5, 0.6) is 17.2 Å². The number of rotatable bonds is 7. The van der Waals surface area contributed by atoms with E-state index in [4.69, 9.17) is 14.2 Å². The van der Waals surface area contributed by atoms with Gasteiger partial charge in [0.1, 0.15) is 17.2 Å². The number of carbonyl (C=O) groups is 2. The molecule has 0 aliphatic carbocycles. The lowest BCUT2D eigenvalue weighted by Crippen LogP contribution is -2.39. The van der Waals surface area contributed by atoms with Crippen LogP contribution >= 0.6 is 0 Å². The Balaban J connectivity index is 1.94. The van der Waals surface area contributed by atoms with Crippen LogP contribution in [-0.2, 0) is 4.79 Å². The van der Waals surface area contributed by atoms with Crippen LogP contribution in [0.1, 0.15) is 35.7 Å². The number of carbonyl (C=O) groups excluding carboxylic acids is 2. The smallest absolute Gasteiger partial charge is 0.253 e. The fraction of sp³-hybridized carbons (Fsp3) is 0.417. The maximum absolute atomic E-state index is 13.2. The highest BCUT2D eigenvalue weighted by molar-refractivity contribution is 5.95. The summed E-state index contributed by atoms with van der Waals surface area (Å²) in [7, 11) is 4.79. The molecule has 0 bridgehead atoms. The molecular weight excluding hydrogens is 396 g/mol. The van der Waals surface area contributed by atoms with Gasteiger partial charge in [-0.1, -0.05) is 0 Å². The van der Waals surface area contributed by atoms with E-state index in [1.165, 1.54) is 0 Å². The minimum absolute atomic E-state index is 0.00620. The third-order valence-corrected chi connectivity index (χ3v) is 5.55. The van der Waals surface area contributed by atoms with Crippen molar-refractivity contribution in [3.8, 4) is 17.2 Å². The van der Waals surface area contributed by atoms with Crippen molar-refractivity contribution in [2.45, 2.75) is 25.8 Å². The van der Waals surface area contributed by atoms with E-state index in [1.54, 1.807) is 50.5 Å². The lowest BCUT2D eigenvalue weighted by Gasteiger charge is -2.22. The molecule has 1 saturated heterocycles. The van der Waals surface area contributed by atoms with Gasteiger partial charge in [0, 0.05) is 36.2 Å². The van der Waals surface area contributed by atoms with Crippen LogP contribution < -0.4 is 19.5 Å². The number of likely N-dealkylation sites (tertiary alicyclic amines) is 1. The zero-order valence-corrected chi connectivity index (χ0v) is 18.7. The minimum atomic E-state index is -0.398.